The summed E-state index contributed by atoms with van der Waals surface area (Å²) in [5.41, 5.74) is 8.41. The van der Waals surface area contributed by atoms with Gasteiger partial charge in [0.15, 0.2) is 6.39 Å². The van der Waals surface area contributed by atoms with Gasteiger partial charge < -0.3 is 14.3 Å². The number of nitrogens with one attached hydrogen (secondary N) is 1. The van der Waals surface area contributed by atoms with Gasteiger partial charge in [-0.3, -0.25) is 4.79 Å². The molecule has 6 heteroatoms. The number of fused-ring (bicyclic) bond motifs is 2. The second-order valence-corrected chi connectivity index (χ2v) is 7.27. The lowest BCUT2D eigenvalue weighted by molar-refractivity contribution is 0.0654. The molecule has 1 aliphatic heterocycles. The smallest absolute Gasteiger partial charge is 0.292 e. The fourth-order valence-corrected chi connectivity index (χ4v) is 4.28. The molecule has 3 aromatic rings. The van der Waals surface area contributed by atoms with Crippen LogP contribution in [0.15, 0.2) is 41.0 Å². The standard InChI is InChI=1S/C21H20N4O2/c1-12-3-4-13(2)16-8-14(7-15(12)16)20-19-17(23-10-24-19)5-6-25(20)21(26)18-9-22-11-27-18/h3-4,7,9-11,20H,5-6,8H2,1-2H3,(H,23,24). The van der Waals surface area contributed by atoms with Crippen LogP contribution in [-0.4, -0.2) is 32.3 Å². The normalized spacial score (nSPS) is 18.2. The van der Waals surface area contributed by atoms with Crippen LogP contribution in [0.4, 0.5) is 0 Å². The van der Waals surface area contributed by atoms with Gasteiger partial charge in [-0.15, -0.1) is 0 Å². The minimum atomic E-state index is -0.191. The lowest BCUT2D eigenvalue weighted by atomic mass is 9.93. The highest BCUT2D eigenvalue weighted by molar-refractivity contribution is 5.92. The Morgan fingerprint density at radius 1 is 1.30 bits per heavy atom. The van der Waals surface area contributed by atoms with Crippen molar-refractivity contribution < 1.29 is 9.21 Å². The molecule has 1 atom stereocenters. The fourth-order valence-electron chi connectivity index (χ4n) is 4.28. The van der Waals surface area contributed by atoms with Gasteiger partial charge in [-0.2, -0.15) is 0 Å². The molecule has 2 aliphatic rings. The van der Waals surface area contributed by atoms with Gasteiger partial charge >= 0.3 is 0 Å². The summed E-state index contributed by atoms with van der Waals surface area (Å²) >= 11 is 0. The minimum absolute atomic E-state index is 0.142. The van der Waals surface area contributed by atoms with Crippen LogP contribution >= 0.6 is 0 Å². The molecule has 136 valence electrons. The van der Waals surface area contributed by atoms with E-state index in [1.807, 2.05) is 4.90 Å². The zero-order valence-corrected chi connectivity index (χ0v) is 15.3. The van der Waals surface area contributed by atoms with Crippen molar-refractivity contribution in [3.05, 3.63) is 76.0 Å². The predicted octanol–water partition coefficient (Wildman–Crippen LogP) is 3.39. The Kier molecular flexibility index (Phi) is 3.53. The first-order chi connectivity index (χ1) is 13.1. The predicted molar refractivity (Wildman–Crippen MR) is 100 cm³/mol. The SMILES string of the molecule is Cc1ccc(C)c2c1C=C(C1c3nc[nH]c3CCN1C(=O)c1cnco1)C2. The monoisotopic (exact) mass is 360 g/mol. The van der Waals surface area contributed by atoms with E-state index in [4.69, 9.17) is 4.42 Å². The Hall–Kier alpha value is -3.15. The number of carbonyl (C=O) groups excluding carboxylic acids is 1. The van der Waals surface area contributed by atoms with E-state index in [0.717, 1.165) is 24.2 Å². The first-order valence-electron chi connectivity index (χ1n) is 9.14. The van der Waals surface area contributed by atoms with E-state index >= 15 is 0 Å². The summed E-state index contributed by atoms with van der Waals surface area (Å²) in [4.78, 5) is 26.7. The Morgan fingerprint density at radius 3 is 2.93 bits per heavy atom. The lowest BCUT2D eigenvalue weighted by Crippen LogP contribution is -2.41. The van der Waals surface area contributed by atoms with Crippen molar-refractivity contribution in [3.63, 3.8) is 0 Å². The molecule has 0 spiro atoms. The number of amides is 1. The molecule has 3 heterocycles. The number of aromatic amines is 1. The van der Waals surface area contributed by atoms with E-state index in [1.165, 1.54) is 40.4 Å². The molecule has 0 radical (unpaired) electrons. The van der Waals surface area contributed by atoms with Crippen LogP contribution in [0.3, 0.4) is 0 Å². The summed E-state index contributed by atoms with van der Waals surface area (Å²) in [6.45, 7) is 4.90. The number of benzene rings is 1. The van der Waals surface area contributed by atoms with Crippen LogP contribution in [0.2, 0.25) is 0 Å². The van der Waals surface area contributed by atoms with Crippen molar-refractivity contribution in [2.45, 2.75) is 32.7 Å². The van der Waals surface area contributed by atoms with E-state index < -0.39 is 0 Å². The maximum Gasteiger partial charge on any atom is 0.292 e. The Balaban J connectivity index is 1.60. The third-order valence-corrected chi connectivity index (χ3v) is 5.70. The number of nitrogens with zero attached hydrogens (tertiary/aromatic N) is 3. The first-order valence-corrected chi connectivity index (χ1v) is 9.14. The molecule has 1 amide bonds. The molecule has 0 fully saturated rings. The van der Waals surface area contributed by atoms with Gasteiger partial charge in [0.2, 0.25) is 5.76 Å². The number of oxazole rings is 1. The van der Waals surface area contributed by atoms with Gasteiger partial charge in [0.05, 0.1) is 24.3 Å². The van der Waals surface area contributed by atoms with Gasteiger partial charge in [0, 0.05) is 18.7 Å². The number of carbonyl (C=O) groups is 1. The van der Waals surface area contributed by atoms with Gasteiger partial charge in [-0.05, 0) is 48.1 Å². The maximum atomic E-state index is 13.1. The molecule has 27 heavy (non-hydrogen) atoms. The van der Waals surface area contributed by atoms with E-state index in [9.17, 15) is 4.79 Å². The van der Waals surface area contributed by atoms with Crippen molar-refractivity contribution in [3.8, 4) is 0 Å². The Morgan fingerprint density at radius 2 is 2.15 bits per heavy atom. The Labute approximate surface area is 156 Å². The number of rotatable bonds is 2. The molecular weight excluding hydrogens is 340 g/mol. The summed E-state index contributed by atoms with van der Waals surface area (Å²) in [6, 6.07) is 4.14. The fraction of sp³-hybridized carbons (Fsp3) is 0.286. The number of hydrogen-bond acceptors (Lipinski definition) is 4. The van der Waals surface area contributed by atoms with E-state index in [1.54, 1.807) is 6.33 Å². The van der Waals surface area contributed by atoms with Gasteiger partial charge in [-0.25, -0.2) is 9.97 Å². The summed E-state index contributed by atoms with van der Waals surface area (Å²) in [5.74, 6) is 0.124. The second-order valence-electron chi connectivity index (χ2n) is 7.27. The second kappa shape index (κ2) is 5.94. The van der Waals surface area contributed by atoms with Crippen LogP contribution in [0.1, 0.15) is 50.2 Å². The molecule has 1 aliphatic carbocycles. The first kappa shape index (κ1) is 16.1. The van der Waals surface area contributed by atoms with Crippen molar-refractivity contribution in [1.29, 1.82) is 0 Å². The van der Waals surface area contributed by atoms with Crippen molar-refractivity contribution >= 4 is 12.0 Å². The molecule has 1 aromatic carbocycles. The molecule has 1 unspecified atom stereocenters. The molecular formula is C21H20N4O2. The van der Waals surface area contributed by atoms with Crippen LogP contribution in [0.25, 0.3) is 6.08 Å². The van der Waals surface area contributed by atoms with Crippen molar-refractivity contribution in [2.24, 2.45) is 0 Å². The number of aromatic nitrogens is 3. The zero-order chi connectivity index (χ0) is 18.5. The molecule has 6 nitrogen and oxygen atoms in total. The molecule has 0 saturated carbocycles. The average molecular weight is 360 g/mol. The van der Waals surface area contributed by atoms with Crippen LogP contribution in [0, 0.1) is 13.8 Å². The zero-order valence-electron chi connectivity index (χ0n) is 15.3. The maximum absolute atomic E-state index is 13.1. The van der Waals surface area contributed by atoms with E-state index in [0.29, 0.717) is 6.54 Å². The summed E-state index contributed by atoms with van der Waals surface area (Å²) in [6.07, 6.45) is 8.32. The third kappa shape index (κ3) is 2.44. The number of H-pyrrole nitrogens is 1. The Bertz CT molecular complexity index is 1060. The number of imidazole rings is 1. The van der Waals surface area contributed by atoms with Gasteiger partial charge in [-0.1, -0.05) is 18.2 Å². The lowest BCUT2D eigenvalue weighted by Gasteiger charge is -2.35. The summed E-state index contributed by atoms with van der Waals surface area (Å²) < 4.78 is 5.28. The highest BCUT2D eigenvalue weighted by Gasteiger charge is 2.38. The quantitative estimate of drug-likeness (QED) is 0.760. The van der Waals surface area contributed by atoms with E-state index in [2.05, 4.69) is 47.0 Å². The molecule has 1 N–H and O–H groups in total. The molecule has 2 aromatic heterocycles. The molecule has 5 rings (SSSR count). The number of aryl methyl sites for hydroxylation is 2. The largest absolute Gasteiger partial charge is 0.438 e. The third-order valence-electron chi connectivity index (χ3n) is 5.70. The minimum Gasteiger partial charge on any atom is -0.438 e. The average Bonchev–Trinajstić information content (AvgIpc) is 3.43. The summed E-state index contributed by atoms with van der Waals surface area (Å²) in [5, 5.41) is 0. The van der Waals surface area contributed by atoms with Crippen LogP contribution in [-0.2, 0) is 12.8 Å². The van der Waals surface area contributed by atoms with E-state index in [-0.39, 0.29) is 17.7 Å². The van der Waals surface area contributed by atoms with Crippen molar-refractivity contribution in [2.75, 3.05) is 6.54 Å². The highest BCUT2D eigenvalue weighted by atomic mass is 16.3. The van der Waals surface area contributed by atoms with Gasteiger partial charge in [0.1, 0.15) is 0 Å². The van der Waals surface area contributed by atoms with Crippen LogP contribution in [0.5, 0.6) is 0 Å². The highest BCUT2D eigenvalue weighted by Crippen LogP contribution is 2.41. The summed E-state index contributed by atoms with van der Waals surface area (Å²) in [7, 11) is 0. The van der Waals surface area contributed by atoms with Crippen LogP contribution < -0.4 is 0 Å². The number of hydrogen-bond donors (Lipinski definition) is 1. The molecule has 0 bridgehead atoms. The topological polar surface area (TPSA) is 75.0 Å². The van der Waals surface area contributed by atoms with Crippen molar-refractivity contribution in [1.82, 2.24) is 19.9 Å². The molecule has 0 saturated heterocycles. The van der Waals surface area contributed by atoms with Gasteiger partial charge in [0.25, 0.3) is 5.91 Å².